The Kier molecular flexibility index (Phi) is 3.80. The molecule has 1 aliphatic heterocycles. The third kappa shape index (κ3) is 2.91. The van der Waals surface area contributed by atoms with Gasteiger partial charge >= 0.3 is 0 Å². The number of aryl methyl sites for hydroxylation is 2. The first kappa shape index (κ1) is 15.5. The van der Waals surface area contributed by atoms with Gasteiger partial charge in [0.15, 0.2) is 6.17 Å². The quantitative estimate of drug-likeness (QED) is 0.758. The number of carbonyl (C=O) groups is 1. The first-order chi connectivity index (χ1) is 12.1. The Hall–Kier alpha value is -3.01. The molecule has 1 atom stereocenters. The van der Waals surface area contributed by atoms with Gasteiger partial charge in [0.1, 0.15) is 11.5 Å². The Morgan fingerprint density at radius 2 is 1.76 bits per heavy atom. The molecule has 3 aromatic rings. The summed E-state index contributed by atoms with van der Waals surface area (Å²) in [7, 11) is 0. The highest BCUT2D eigenvalue weighted by atomic mass is 16.3. The van der Waals surface area contributed by atoms with E-state index in [9.17, 15) is 4.79 Å². The van der Waals surface area contributed by atoms with Crippen molar-refractivity contribution in [2.45, 2.75) is 26.6 Å². The Balaban J connectivity index is 1.74. The fourth-order valence-corrected chi connectivity index (χ4v) is 3.17. The normalized spacial score (nSPS) is 16.5. The molecule has 0 radical (unpaired) electrons. The molecule has 1 unspecified atom stereocenters. The zero-order chi connectivity index (χ0) is 17.4. The maximum absolute atomic E-state index is 13.1. The van der Waals surface area contributed by atoms with Gasteiger partial charge in [0.2, 0.25) is 0 Å². The zero-order valence-electron chi connectivity index (χ0n) is 14.3. The van der Waals surface area contributed by atoms with Crippen molar-refractivity contribution in [3.05, 3.63) is 88.9 Å². The summed E-state index contributed by atoms with van der Waals surface area (Å²) in [6.45, 7) is 4.49. The first-order valence-corrected chi connectivity index (χ1v) is 8.40. The zero-order valence-corrected chi connectivity index (χ0v) is 14.3. The van der Waals surface area contributed by atoms with Gasteiger partial charge in [0.25, 0.3) is 5.91 Å². The van der Waals surface area contributed by atoms with Crippen LogP contribution in [0, 0.1) is 13.8 Å². The second-order valence-electron chi connectivity index (χ2n) is 6.46. The molecular weight excluding hydrogens is 312 g/mol. The van der Waals surface area contributed by atoms with Crippen molar-refractivity contribution < 1.29 is 9.21 Å². The fraction of sp³-hybridized carbons (Fsp3) is 0.190. The standard InChI is InChI=1S/C21H20N2O2/c1-14-7-10-16(11-8-14)13-23-20(19-12-9-15(2)25-19)22-18-6-4-3-5-17(18)21(23)24/h3-12,20,22H,13H2,1-2H3. The molecular formula is C21H20N2O2. The van der Waals surface area contributed by atoms with Crippen LogP contribution in [0.25, 0.3) is 0 Å². The lowest BCUT2D eigenvalue weighted by Crippen LogP contribution is -2.42. The van der Waals surface area contributed by atoms with Gasteiger partial charge in [0, 0.05) is 12.2 Å². The van der Waals surface area contributed by atoms with E-state index in [1.807, 2.05) is 48.2 Å². The molecule has 0 saturated heterocycles. The lowest BCUT2D eigenvalue weighted by atomic mass is 10.0. The molecule has 126 valence electrons. The maximum Gasteiger partial charge on any atom is 0.258 e. The average molecular weight is 332 g/mol. The van der Waals surface area contributed by atoms with Crippen molar-refractivity contribution in [1.29, 1.82) is 0 Å². The summed E-state index contributed by atoms with van der Waals surface area (Å²) in [6.07, 6.45) is -0.322. The van der Waals surface area contributed by atoms with Crippen molar-refractivity contribution in [2.24, 2.45) is 0 Å². The Morgan fingerprint density at radius 3 is 2.48 bits per heavy atom. The smallest absolute Gasteiger partial charge is 0.258 e. The SMILES string of the molecule is Cc1ccc(CN2C(=O)c3ccccc3NC2c2ccc(C)o2)cc1. The van der Waals surface area contributed by atoms with Crippen LogP contribution in [0.1, 0.15) is 39.2 Å². The minimum absolute atomic E-state index is 0.00831. The van der Waals surface area contributed by atoms with Crippen LogP contribution < -0.4 is 5.32 Å². The summed E-state index contributed by atoms with van der Waals surface area (Å²) in [5.41, 5.74) is 3.82. The van der Waals surface area contributed by atoms with Crippen LogP contribution >= 0.6 is 0 Å². The fourth-order valence-electron chi connectivity index (χ4n) is 3.17. The molecule has 2 heterocycles. The number of hydrogen-bond acceptors (Lipinski definition) is 3. The molecule has 1 N–H and O–H groups in total. The number of nitrogens with zero attached hydrogens (tertiary/aromatic N) is 1. The highest BCUT2D eigenvalue weighted by Crippen LogP contribution is 2.34. The summed E-state index contributed by atoms with van der Waals surface area (Å²) in [4.78, 5) is 14.9. The van der Waals surface area contributed by atoms with E-state index in [2.05, 4.69) is 36.5 Å². The molecule has 0 bridgehead atoms. The largest absolute Gasteiger partial charge is 0.462 e. The number of fused-ring (bicyclic) bond motifs is 1. The van der Waals surface area contributed by atoms with Crippen molar-refractivity contribution >= 4 is 11.6 Å². The number of para-hydroxylation sites is 1. The summed E-state index contributed by atoms with van der Waals surface area (Å²) in [5.74, 6) is 1.58. The minimum Gasteiger partial charge on any atom is -0.462 e. The summed E-state index contributed by atoms with van der Waals surface area (Å²) in [6, 6.07) is 19.7. The number of rotatable bonds is 3. The number of amides is 1. The Bertz CT molecular complexity index is 912. The van der Waals surface area contributed by atoms with Crippen LogP contribution in [0.5, 0.6) is 0 Å². The van der Waals surface area contributed by atoms with E-state index < -0.39 is 0 Å². The van der Waals surface area contributed by atoms with Gasteiger partial charge in [-0.2, -0.15) is 0 Å². The monoisotopic (exact) mass is 332 g/mol. The third-order valence-electron chi connectivity index (χ3n) is 4.53. The number of nitrogens with one attached hydrogen (secondary N) is 1. The van der Waals surface area contributed by atoms with E-state index in [0.717, 1.165) is 22.8 Å². The number of carbonyl (C=O) groups excluding carboxylic acids is 1. The lowest BCUT2D eigenvalue weighted by Gasteiger charge is -2.36. The molecule has 2 aromatic carbocycles. The summed E-state index contributed by atoms with van der Waals surface area (Å²) < 4.78 is 5.82. The van der Waals surface area contributed by atoms with E-state index in [1.54, 1.807) is 0 Å². The van der Waals surface area contributed by atoms with Crippen molar-refractivity contribution in [1.82, 2.24) is 4.90 Å². The molecule has 0 spiro atoms. The Morgan fingerprint density at radius 1 is 1.00 bits per heavy atom. The van der Waals surface area contributed by atoms with Crippen LogP contribution in [0.3, 0.4) is 0 Å². The van der Waals surface area contributed by atoms with E-state index in [0.29, 0.717) is 12.1 Å². The first-order valence-electron chi connectivity index (χ1n) is 8.40. The molecule has 0 fully saturated rings. The van der Waals surface area contributed by atoms with Crippen molar-refractivity contribution in [3.8, 4) is 0 Å². The molecule has 4 heteroatoms. The number of benzene rings is 2. The van der Waals surface area contributed by atoms with Gasteiger partial charge in [-0.1, -0.05) is 42.0 Å². The number of hydrogen-bond donors (Lipinski definition) is 1. The summed E-state index contributed by atoms with van der Waals surface area (Å²) in [5, 5.41) is 3.45. The van der Waals surface area contributed by atoms with E-state index in [1.165, 1.54) is 5.56 Å². The van der Waals surface area contributed by atoms with Crippen molar-refractivity contribution in [3.63, 3.8) is 0 Å². The maximum atomic E-state index is 13.1. The molecule has 1 aromatic heterocycles. The average Bonchev–Trinajstić information content (AvgIpc) is 3.05. The highest BCUT2D eigenvalue weighted by Gasteiger charge is 2.34. The molecule has 0 aliphatic carbocycles. The minimum atomic E-state index is -0.322. The van der Waals surface area contributed by atoms with Crippen LogP contribution in [-0.4, -0.2) is 10.8 Å². The van der Waals surface area contributed by atoms with Gasteiger partial charge in [0.05, 0.1) is 5.56 Å². The van der Waals surface area contributed by atoms with E-state index in [-0.39, 0.29) is 12.1 Å². The van der Waals surface area contributed by atoms with Crippen LogP contribution in [0.15, 0.2) is 65.1 Å². The van der Waals surface area contributed by atoms with E-state index in [4.69, 9.17) is 4.42 Å². The Labute approximate surface area is 147 Å². The van der Waals surface area contributed by atoms with E-state index >= 15 is 0 Å². The molecule has 1 amide bonds. The van der Waals surface area contributed by atoms with Crippen molar-refractivity contribution in [2.75, 3.05) is 5.32 Å². The van der Waals surface area contributed by atoms with Gasteiger partial charge < -0.3 is 14.6 Å². The molecule has 4 nitrogen and oxygen atoms in total. The van der Waals surface area contributed by atoms with Gasteiger partial charge in [-0.15, -0.1) is 0 Å². The van der Waals surface area contributed by atoms with Gasteiger partial charge in [-0.25, -0.2) is 0 Å². The van der Waals surface area contributed by atoms with Gasteiger partial charge in [-0.05, 0) is 43.7 Å². The van der Waals surface area contributed by atoms with Crippen LogP contribution in [0.2, 0.25) is 0 Å². The molecule has 25 heavy (non-hydrogen) atoms. The van der Waals surface area contributed by atoms with Crippen LogP contribution in [-0.2, 0) is 6.54 Å². The number of furan rings is 1. The molecule has 0 saturated carbocycles. The summed E-state index contributed by atoms with van der Waals surface area (Å²) >= 11 is 0. The third-order valence-corrected chi connectivity index (χ3v) is 4.53. The second kappa shape index (κ2) is 6.13. The number of anilines is 1. The predicted octanol–water partition coefficient (Wildman–Crippen LogP) is 4.66. The highest BCUT2D eigenvalue weighted by molar-refractivity contribution is 6.01. The lowest BCUT2D eigenvalue weighted by molar-refractivity contribution is 0.0644. The molecule has 4 rings (SSSR count). The molecule has 1 aliphatic rings. The van der Waals surface area contributed by atoms with Crippen LogP contribution in [0.4, 0.5) is 5.69 Å². The topological polar surface area (TPSA) is 45.5 Å². The second-order valence-corrected chi connectivity index (χ2v) is 6.46. The van der Waals surface area contributed by atoms with Gasteiger partial charge in [-0.3, -0.25) is 4.79 Å². The predicted molar refractivity (Wildman–Crippen MR) is 97.3 cm³/mol.